The van der Waals surface area contributed by atoms with E-state index in [2.05, 4.69) is 19.2 Å². The smallest absolute Gasteiger partial charge is 0.317 e. The van der Waals surface area contributed by atoms with Gasteiger partial charge in [0.25, 0.3) is 0 Å². The standard InChI is InChI=1S/C11H20N2O3/c1-4-7(2)8(3)12-11(16)13-5-9(6-13)10(14)15/h7-9H,4-6H2,1-3H3,(H,12,16)(H,14,15). The highest BCUT2D eigenvalue weighted by Crippen LogP contribution is 2.16. The van der Waals surface area contributed by atoms with E-state index in [0.29, 0.717) is 19.0 Å². The third-order valence-corrected chi connectivity index (χ3v) is 3.37. The lowest BCUT2D eigenvalue weighted by atomic mass is 10.00. The van der Waals surface area contributed by atoms with Gasteiger partial charge in [0.1, 0.15) is 0 Å². The summed E-state index contributed by atoms with van der Waals surface area (Å²) in [7, 11) is 0. The van der Waals surface area contributed by atoms with Crippen LogP contribution < -0.4 is 5.32 Å². The predicted octanol–water partition coefficient (Wildman–Crippen LogP) is 1.15. The van der Waals surface area contributed by atoms with Crippen LogP contribution >= 0.6 is 0 Å². The Bertz CT molecular complexity index is 274. The number of amides is 2. The highest BCUT2D eigenvalue weighted by atomic mass is 16.4. The van der Waals surface area contributed by atoms with Crippen molar-refractivity contribution in [3.63, 3.8) is 0 Å². The van der Waals surface area contributed by atoms with Gasteiger partial charge < -0.3 is 15.3 Å². The van der Waals surface area contributed by atoms with Crippen molar-refractivity contribution < 1.29 is 14.7 Å². The number of carboxylic acid groups (broad SMARTS) is 1. The molecule has 0 radical (unpaired) electrons. The van der Waals surface area contributed by atoms with Crippen molar-refractivity contribution in [2.45, 2.75) is 33.2 Å². The second kappa shape index (κ2) is 5.18. The van der Waals surface area contributed by atoms with E-state index in [1.54, 1.807) is 0 Å². The number of carboxylic acids is 1. The first-order valence-corrected chi connectivity index (χ1v) is 5.74. The normalized spacial score (nSPS) is 19.8. The van der Waals surface area contributed by atoms with E-state index in [9.17, 15) is 9.59 Å². The van der Waals surface area contributed by atoms with Crippen molar-refractivity contribution in [1.29, 1.82) is 0 Å². The Kier molecular flexibility index (Phi) is 4.15. The van der Waals surface area contributed by atoms with Crippen molar-refractivity contribution in [3.8, 4) is 0 Å². The Morgan fingerprint density at radius 1 is 1.44 bits per heavy atom. The zero-order chi connectivity index (χ0) is 12.3. The lowest BCUT2D eigenvalue weighted by Gasteiger charge is -2.37. The van der Waals surface area contributed by atoms with Gasteiger partial charge >= 0.3 is 12.0 Å². The first-order chi connectivity index (χ1) is 7.45. The molecule has 1 aliphatic heterocycles. The van der Waals surface area contributed by atoms with E-state index in [0.717, 1.165) is 6.42 Å². The second-order valence-corrected chi connectivity index (χ2v) is 4.56. The van der Waals surface area contributed by atoms with Crippen molar-refractivity contribution in [1.82, 2.24) is 10.2 Å². The fourth-order valence-electron chi connectivity index (χ4n) is 1.58. The Morgan fingerprint density at radius 2 is 2.00 bits per heavy atom. The Hall–Kier alpha value is -1.26. The summed E-state index contributed by atoms with van der Waals surface area (Å²) in [5.41, 5.74) is 0. The first kappa shape index (κ1) is 12.8. The van der Waals surface area contributed by atoms with Gasteiger partial charge in [-0.1, -0.05) is 20.3 Å². The molecule has 0 aromatic rings. The maximum atomic E-state index is 11.6. The molecule has 0 spiro atoms. The average molecular weight is 228 g/mol. The molecule has 1 heterocycles. The molecule has 2 unspecified atom stereocenters. The zero-order valence-electron chi connectivity index (χ0n) is 10.1. The van der Waals surface area contributed by atoms with E-state index < -0.39 is 5.97 Å². The molecule has 0 aliphatic carbocycles. The molecule has 0 aromatic carbocycles. The van der Waals surface area contributed by atoms with Crippen LogP contribution in [-0.4, -0.2) is 41.1 Å². The molecule has 1 rings (SSSR count). The van der Waals surface area contributed by atoms with Gasteiger partial charge in [-0.25, -0.2) is 4.79 Å². The minimum absolute atomic E-state index is 0.126. The summed E-state index contributed by atoms with van der Waals surface area (Å²) >= 11 is 0. The van der Waals surface area contributed by atoms with Crippen molar-refractivity contribution in [2.24, 2.45) is 11.8 Å². The summed E-state index contributed by atoms with van der Waals surface area (Å²) in [4.78, 5) is 23.8. The fraction of sp³-hybridized carbons (Fsp3) is 0.818. The summed E-state index contributed by atoms with van der Waals surface area (Å²) in [6, 6.07) is -0.0216. The summed E-state index contributed by atoms with van der Waals surface area (Å²) in [5.74, 6) is -0.774. The van der Waals surface area contributed by atoms with E-state index >= 15 is 0 Å². The average Bonchev–Trinajstić information content (AvgIpc) is 2.13. The molecule has 0 bridgehead atoms. The monoisotopic (exact) mass is 228 g/mol. The van der Waals surface area contributed by atoms with Gasteiger partial charge in [0.15, 0.2) is 0 Å². The SMILES string of the molecule is CCC(C)C(C)NC(=O)N1CC(C(=O)O)C1. The number of carbonyl (C=O) groups excluding carboxylic acids is 1. The van der Waals surface area contributed by atoms with Crippen LogP contribution in [0.5, 0.6) is 0 Å². The fourth-order valence-corrected chi connectivity index (χ4v) is 1.58. The molecule has 1 aliphatic rings. The van der Waals surface area contributed by atoms with Gasteiger partial charge in [-0.15, -0.1) is 0 Å². The van der Waals surface area contributed by atoms with Gasteiger partial charge in [0, 0.05) is 19.1 Å². The number of carbonyl (C=O) groups is 2. The maximum absolute atomic E-state index is 11.6. The third-order valence-electron chi connectivity index (χ3n) is 3.37. The largest absolute Gasteiger partial charge is 0.481 e. The van der Waals surface area contributed by atoms with Crippen LogP contribution in [0.4, 0.5) is 4.79 Å². The van der Waals surface area contributed by atoms with Gasteiger partial charge in [0.2, 0.25) is 0 Å². The lowest BCUT2D eigenvalue weighted by molar-refractivity contribution is -0.146. The first-order valence-electron chi connectivity index (χ1n) is 5.74. The van der Waals surface area contributed by atoms with Crippen LogP contribution in [-0.2, 0) is 4.79 Å². The van der Waals surface area contributed by atoms with Crippen LogP contribution in [0.15, 0.2) is 0 Å². The van der Waals surface area contributed by atoms with E-state index in [1.807, 2.05) is 6.92 Å². The number of aliphatic carboxylic acids is 1. The molecule has 92 valence electrons. The minimum atomic E-state index is -0.820. The number of nitrogens with one attached hydrogen (secondary N) is 1. The molecule has 2 atom stereocenters. The number of rotatable bonds is 4. The van der Waals surface area contributed by atoms with Crippen molar-refractivity contribution >= 4 is 12.0 Å². The molecule has 2 N–H and O–H groups in total. The van der Waals surface area contributed by atoms with E-state index in [1.165, 1.54) is 4.90 Å². The molecule has 1 fully saturated rings. The van der Waals surface area contributed by atoms with Crippen molar-refractivity contribution in [2.75, 3.05) is 13.1 Å². The summed E-state index contributed by atoms with van der Waals surface area (Å²) in [6.45, 7) is 6.79. The number of likely N-dealkylation sites (tertiary alicyclic amines) is 1. The third kappa shape index (κ3) is 2.87. The van der Waals surface area contributed by atoms with Crippen LogP contribution in [0, 0.1) is 11.8 Å². The number of hydrogen-bond donors (Lipinski definition) is 2. The maximum Gasteiger partial charge on any atom is 0.317 e. The molecular formula is C11H20N2O3. The van der Waals surface area contributed by atoms with Gasteiger partial charge in [0.05, 0.1) is 5.92 Å². The Balaban J connectivity index is 2.30. The number of hydrogen-bond acceptors (Lipinski definition) is 2. The molecule has 2 amide bonds. The number of nitrogens with zero attached hydrogens (tertiary/aromatic N) is 1. The van der Waals surface area contributed by atoms with Crippen LogP contribution in [0.25, 0.3) is 0 Å². The van der Waals surface area contributed by atoms with E-state index in [-0.39, 0.29) is 18.0 Å². The van der Waals surface area contributed by atoms with Crippen LogP contribution in [0.2, 0.25) is 0 Å². The zero-order valence-corrected chi connectivity index (χ0v) is 10.1. The highest BCUT2D eigenvalue weighted by Gasteiger charge is 2.36. The Morgan fingerprint density at radius 3 is 2.44 bits per heavy atom. The molecule has 1 saturated heterocycles. The van der Waals surface area contributed by atoms with Crippen LogP contribution in [0.3, 0.4) is 0 Å². The van der Waals surface area contributed by atoms with Crippen molar-refractivity contribution in [3.05, 3.63) is 0 Å². The molecule has 0 aromatic heterocycles. The Labute approximate surface area is 95.8 Å². The molecular weight excluding hydrogens is 208 g/mol. The topological polar surface area (TPSA) is 69.6 Å². The number of urea groups is 1. The minimum Gasteiger partial charge on any atom is -0.481 e. The molecule has 0 saturated carbocycles. The summed E-state index contributed by atoms with van der Waals surface area (Å²) in [5, 5.41) is 11.6. The lowest BCUT2D eigenvalue weighted by Crippen LogP contribution is -2.57. The van der Waals surface area contributed by atoms with E-state index in [4.69, 9.17) is 5.11 Å². The highest BCUT2D eigenvalue weighted by molar-refractivity contribution is 5.79. The molecule has 5 nitrogen and oxygen atoms in total. The van der Waals surface area contributed by atoms with Crippen LogP contribution in [0.1, 0.15) is 27.2 Å². The quantitative estimate of drug-likeness (QED) is 0.758. The molecule has 5 heteroatoms. The predicted molar refractivity (Wildman–Crippen MR) is 60.1 cm³/mol. The second-order valence-electron chi connectivity index (χ2n) is 4.56. The molecule has 16 heavy (non-hydrogen) atoms. The summed E-state index contributed by atoms with van der Waals surface area (Å²) in [6.07, 6.45) is 1.01. The van der Waals surface area contributed by atoms with Gasteiger partial charge in [-0.2, -0.15) is 0 Å². The summed E-state index contributed by atoms with van der Waals surface area (Å²) < 4.78 is 0. The van der Waals surface area contributed by atoms with Gasteiger partial charge in [-0.3, -0.25) is 4.79 Å². The van der Waals surface area contributed by atoms with Gasteiger partial charge in [-0.05, 0) is 12.8 Å².